The van der Waals surface area contributed by atoms with Gasteiger partial charge in [-0.1, -0.05) is 54.6 Å². The average Bonchev–Trinajstić information content (AvgIpc) is 2.53. The van der Waals surface area contributed by atoms with E-state index >= 15 is 0 Å². The third kappa shape index (κ3) is 2.46. The fourth-order valence-electron chi connectivity index (χ4n) is 2.94. The molecule has 0 aliphatic heterocycles. The molecule has 1 N–H and O–H groups in total. The van der Waals surface area contributed by atoms with Crippen LogP contribution in [0.3, 0.4) is 0 Å². The first-order valence-electron chi connectivity index (χ1n) is 7.40. The van der Waals surface area contributed by atoms with Gasteiger partial charge in [-0.2, -0.15) is 0 Å². The summed E-state index contributed by atoms with van der Waals surface area (Å²) in [5.74, 6) is 0.861. The lowest BCUT2D eigenvalue weighted by Crippen LogP contribution is -2.16. The molecule has 0 heterocycles. The Bertz CT molecular complexity index is 813. The Kier molecular flexibility index (Phi) is 3.63. The number of methoxy groups -OCH3 is 1. The molecule has 112 valence electrons. The highest BCUT2D eigenvalue weighted by molar-refractivity contribution is 6.00. The quantitative estimate of drug-likeness (QED) is 0.755. The van der Waals surface area contributed by atoms with Crippen LogP contribution < -0.4 is 4.74 Å². The molecular formula is C20H20O2. The Morgan fingerprint density at radius 1 is 0.773 bits per heavy atom. The Balaban J connectivity index is 2.33. The first kappa shape index (κ1) is 14.6. The van der Waals surface area contributed by atoms with E-state index in [1.807, 2.05) is 50.2 Å². The van der Waals surface area contributed by atoms with E-state index < -0.39 is 5.60 Å². The highest BCUT2D eigenvalue weighted by Gasteiger charge is 2.21. The van der Waals surface area contributed by atoms with Crippen molar-refractivity contribution in [3.05, 3.63) is 66.2 Å². The first-order chi connectivity index (χ1) is 10.5. The monoisotopic (exact) mass is 292 g/mol. The lowest BCUT2D eigenvalue weighted by atomic mass is 9.87. The molecule has 2 heteroatoms. The summed E-state index contributed by atoms with van der Waals surface area (Å²) in [6.45, 7) is 3.63. The van der Waals surface area contributed by atoms with E-state index in [1.165, 1.54) is 0 Å². The number of hydrogen-bond donors (Lipinski definition) is 1. The fraction of sp³-hybridized carbons (Fsp3) is 0.200. The maximum absolute atomic E-state index is 10.5. The number of fused-ring (bicyclic) bond motifs is 1. The van der Waals surface area contributed by atoms with Crippen LogP contribution in [0.1, 0.15) is 19.4 Å². The van der Waals surface area contributed by atoms with Crippen molar-refractivity contribution < 1.29 is 9.84 Å². The molecule has 0 aliphatic rings. The van der Waals surface area contributed by atoms with Gasteiger partial charge in [0.25, 0.3) is 0 Å². The summed E-state index contributed by atoms with van der Waals surface area (Å²) in [7, 11) is 1.69. The van der Waals surface area contributed by atoms with Crippen LogP contribution >= 0.6 is 0 Å². The number of aliphatic hydroxyl groups is 1. The number of hydrogen-bond acceptors (Lipinski definition) is 2. The Hall–Kier alpha value is -2.32. The van der Waals surface area contributed by atoms with E-state index in [-0.39, 0.29) is 0 Å². The average molecular weight is 292 g/mol. The molecule has 3 aromatic rings. The zero-order valence-corrected chi connectivity index (χ0v) is 13.1. The lowest BCUT2D eigenvalue weighted by molar-refractivity contribution is 0.0792. The van der Waals surface area contributed by atoms with Crippen LogP contribution in [0.25, 0.3) is 21.9 Å². The Labute approximate surface area is 131 Å². The van der Waals surface area contributed by atoms with Crippen molar-refractivity contribution in [3.63, 3.8) is 0 Å². The van der Waals surface area contributed by atoms with Crippen molar-refractivity contribution in [2.45, 2.75) is 19.4 Å². The summed E-state index contributed by atoms with van der Waals surface area (Å²) in [5, 5.41) is 12.7. The van der Waals surface area contributed by atoms with Crippen molar-refractivity contribution in [3.8, 4) is 16.9 Å². The minimum atomic E-state index is -0.891. The molecular weight excluding hydrogens is 272 g/mol. The van der Waals surface area contributed by atoms with E-state index in [2.05, 4.69) is 24.3 Å². The second-order valence-corrected chi connectivity index (χ2v) is 5.97. The zero-order valence-electron chi connectivity index (χ0n) is 13.1. The van der Waals surface area contributed by atoms with E-state index in [4.69, 9.17) is 4.74 Å². The van der Waals surface area contributed by atoms with Gasteiger partial charge in [-0.3, -0.25) is 0 Å². The van der Waals surface area contributed by atoms with Crippen molar-refractivity contribution >= 4 is 10.8 Å². The summed E-state index contributed by atoms with van der Waals surface area (Å²) < 4.78 is 5.47. The largest absolute Gasteiger partial charge is 0.496 e. The van der Waals surface area contributed by atoms with Gasteiger partial charge < -0.3 is 9.84 Å². The molecule has 0 amide bonds. The second-order valence-electron chi connectivity index (χ2n) is 5.97. The van der Waals surface area contributed by atoms with E-state index in [0.717, 1.165) is 33.2 Å². The van der Waals surface area contributed by atoms with Crippen molar-refractivity contribution in [1.29, 1.82) is 0 Å². The van der Waals surface area contributed by atoms with Gasteiger partial charge in [0.2, 0.25) is 0 Å². The summed E-state index contributed by atoms with van der Waals surface area (Å²) >= 11 is 0. The normalized spacial score (nSPS) is 11.6. The third-order valence-electron chi connectivity index (χ3n) is 3.98. The summed E-state index contributed by atoms with van der Waals surface area (Å²) in [6.07, 6.45) is 0. The summed E-state index contributed by atoms with van der Waals surface area (Å²) in [4.78, 5) is 0. The van der Waals surface area contributed by atoms with Gasteiger partial charge in [0, 0.05) is 5.39 Å². The van der Waals surface area contributed by atoms with Crippen LogP contribution in [0.5, 0.6) is 5.75 Å². The molecule has 0 aliphatic carbocycles. The standard InChI is InChI=1S/C20H20O2/c1-20(2,21)18-11-7-6-9-16(18)15-12-13-19(22-3)17-10-5-4-8-14(15)17/h4-13,21H,1-3H3. The Morgan fingerprint density at radius 3 is 2.09 bits per heavy atom. The van der Waals surface area contributed by atoms with Crippen molar-refractivity contribution in [1.82, 2.24) is 0 Å². The molecule has 0 fully saturated rings. The lowest BCUT2D eigenvalue weighted by Gasteiger charge is -2.22. The number of ether oxygens (including phenoxy) is 1. The van der Waals surface area contributed by atoms with Crippen LogP contribution in [0.15, 0.2) is 60.7 Å². The molecule has 0 bridgehead atoms. The smallest absolute Gasteiger partial charge is 0.126 e. The molecule has 0 saturated heterocycles. The molecule has 22 heavy (non-hydrogen) atoms. The molecule has 0 saturated carbocycles. The fourth-order valence-corrected chi connectivity index (χ4v) is 2.94. The van der Waals surface area contributed by atoms with Crippen LogP contribution in [-0.4, -0.2) is 12.2 Å². The first-order valence-corrected chi connectivity index (χ1v) is 7.40. The van der Waals surface area contributed by atoms with Gasteiger partial charge in [-0.05, 0) is 42.0 Å². The van der Waals surface area contributed by atoms with E-state index in [0.29, 0.717) is 0 Å². The number of benzene rings is 3. The predicted molar refractivity (Wildman–Crippen MR) is 91.2 cm³/mol. The van der Waals surface area contributed by atoms with Crippen LogP contribution in [-0.2, 0) is 5.60 Å². The van der Waals surface area contributed by atoms with Crippen molar-refractivity contribution in [2.75, 3.05) is 7.11 Å². The molecule has 0 spiro atoms. The van der Waals surface area contributed by atoms with Gasteiger partial charge in [-0.15, -0.1) is 0 Å². The van der Waals surface area contributed by atoms with Gasteiger partial charge >= 0.3 is 0 Å². The molecule has 0 radical (unpaired) electrons. The van der Waals surface area contributed by atoms with Gasteiger partial charge in [0.05, 0.1) is 12.7 Å². The predicted octanol–water partition coefficient (Wildman–Crippen LogP) is 4.74. The zero-order chi connectivity index (χ0) is 15.7. The molecule has 3 aromatic carbocycles. The SMILES string of the molecule is COc1ccc(-c2ccccc2C(C)(C)O)c2ccccc12. The second kappa shape index (κ2) is 5.47. The summed E-state index contributed by atoms with van der Waals surface area (Å²) in [5.41, 5.74) is 2.19. The van der Waals surface area contributed by atoms with Gasteiger partial charge in [0.15, 0.2) is 0 Å². The van der Waals surface area contributed by atoms with Gasteiger partial charge in [-0.25, -0.2) is 0 Å². The topological polar surface area (TPSA) is 29.5 Å². The molecule has 2 nitrogen and oxygen atoms in total. The highest BCUT2D eigenvalue weighted by atomic mass is 16.5. The molecule has 0 atom stereocenters. The molecule has 3 rings (SSSR count). The maximum atomic E-state index is 10.5. The van der Waals surface area contributed by atoms with E-state index in [1.54, 1.807) is 7.11 Å². The Morgan fingerprint density at radius 2 is 1.41 bits per heavy atom. The molecule has 0 unspecified atom stereocenters. The minimum Gasteiger partial charge on any atom is -0.496 e. The van der Waals surface area contributed by atoms with Crippen LogP contribution in [0, 0.1) is 0 Å². The van der Waals surface area contributed by atoms with Crippen LogP contribution in [0.2, 0.25) is 0 Å². The highest BCUT2D eigenvalue weighted by Crippen LogP contribution is 2.38. The van der Waals surface area contributed by atoms with Crippen molar-refractivity contribution in [2.24, 2.45) is 0 Å². The maximum Gasteiger partial charge on any atom is 0.126 e. The molecule has 0 aromatic heterocycles. The minimum absolute atomic E-state index is 0.861. The number of rotatable bonds is 3. The summed E-state index contributed by atoms with van der Waals surface area (Å²) in [6, 6.07) is 20.2. The van der Waals surface area contributed by atoms with E-state index in [9.17, 15) is 5.11 Å². The third-order valence-corrected chi connectivity index (χ3v) is 3.98. The van der Waals surface area contributed by atoms with Crippen LogP contribution in [0.4, 0.5) is 0 Å². The van der Waals surface area contributed by atoms with Gasteiger partial charge in [0.1, 0.15) is 5.75 Å².